The third kappa shape index (κ3) is 3.12. The number of benzene rings is 1. The Morgan fingerprint density at radius 3 is 2.95 bits per heavy atom. The van der Waals surface area contributed by atoms with Crippen LogP contribution in [0.4, 0.5) is 0 Å². The Bertz CT molecular complexity index is 485. The van der Waals surface area contributed by atoms with Crippen molar-refractivity contribution in [2.24, 2.45) is 0 Å². The first-order valence-corrected chi connectivity index (χ1v) is 7.38. The van der Waals surface area contributed by atoms with E-state index in [-0.39, 0.29) is 18.3 Å². The monoisotopic (exact) mass is 277 g/mol. The molecule has 0 aromatic heterocycles. The summed E-state index contributed by atoms with van der Waals surface area (Å²) in [7, 11) is 0. The average molecular weight is 277 g/mol. The Labute approximate surface area is 119 Å². The number of carbonyl (C=O) groups excluding carboxylic acids is 1. The molecule has 20 heavy (non-hydrogen) atoms. The molecule has 4 heteroatoms. The fourth-order valence-electron chi connectivity index (χ4n) is 3.08. The van der Waals surface area contributed by atoms with Gasteiger partial charge in [-0.05, 0) is 54.4 Å². The van der Waals surface area contributed by atoms with E-state index in [0.29, 0.717) is 25.3 Å². The van der Waals surface area contributed by atoms with Crippen LogP contribution in [0.25, 0.3) is 0 Å². The lowest BCUT2D eigenvalue weighted by Crippen LogP contribution is -2.24. The van der Waals surface area contributed by atoms with Crippen LogP contribution in [0, 0.1) is 0 Å². The largest absolute Gasteiger partial charge is 0.508 e. The molecule has 110 valence electrons. The van der Waals surface area contributed by atoms with Crippen LogP contribution in [-0.4, -0.2) is 29.3 Å². The molecule has 0 heterocycles. The van der Waals surface area contributed by atoms with Crippen LogP contribution >= 0.6 is 0 Å². The highest BCUT2D eigenvalue weighted by Crippen LogP contribution is 2.40. The Morgan fingerprint density at radius 1 is 1.45 bits per heavy atom. The number of aliphatic hydroxyl groups excluding tert-OH is 1. The van der Waals surface area contributed by atoms with Crippen LogP contribution in [0.15, 0.2) is 12.1 Å². The Morgan fingerprint density at radius 2 is 2.25 bits per heavy atom. The number of hydrogen-bond donors (Lipinski definition) is 3. The van der Waals surface area contributed by atoms with Gasteiger partial charge in [-0.2, -0.15) is 0 Å². The number of phenols is 1. The molecule has 1 aromatic carbocycles. The summed E-state index contributed by atoms with van der Waals surface area (Å²) >= 11 is 0. The van der Waals surface area contributed by atoms with E-state index < -0.39 is 0 Å². The lowest BCUT2D eigenvalue weighted by atomic mass is 9.91. The van der Waals surface area contributed by atoms with Gasteiger partial charge in [0.2, 0.25) is 5.91 Å². The van der Waals surface area contributed by atoms with Gasteiger partial charge in [-0.15, -0.1) is 0 Å². The highest BCUT2D eigenvalue weighted by molar-refractivity contribution is 5.75. The summed E-state index contributed by atoms with van der Waals surface area (Å²) in [6.07, 6.45) is 3.96. The van der Waals surface area contributed by atoms with Crippen molar-refractivity contribution in [2.75, 3.05) is 13.2 Å². The molecule has 0 aliphatic heterocycles. The van der Waals surface area contributed by atoms with E-state index in [1.807, 2.05) is 13.0 Å². The minimum absolute atomic E-state index is 0.0449. The normalized spacial score (nSPS) is 17.0. The number of nitrogens with one attached hydrogen (secondary N) is 1. The molecule has 1 aliphatic rings. The second kappa shape index (κ2) is 6.75. The van der Waals surface area contributed by atoms with E-state index in [0.717, 1.165) is 24.8 Å². The molecule has 1 aliphatic carbocycles. The number of amides is 1. The zero-order chi connectivity index (χ0) is 14.5. The molecule has 1 aromatic rings. The van der Waals surface area contributed by atoms with Gasteiger partial charge in [0.05, 0.1) is 0 Å². The molecule has 1 amide bonds. The Kier molecular flexibility index (Phi) is 5.01. The smallest absolute Gasteiger partial charge is 0.219 e. The van der Waals surface area contributed by atoms with Gasteiger partial charge in [0.25, 0.3) is 0 Å². The second-order valence-electron chi connectivity index (χ2n) is 5.34. The van der Waals surface area contributed by atoms with Crippen molar-refractivity contribution >= 4 is 5.91 Å². The number of aromatic hydroxyl groups is 1. The lowest BCUT2D eigenvalue weighted by Gasteiger charge is -2.17. The van der Waals surface area contributed by atoms with Crippen molar-refractivity contribution in [1.29, 1.82) is 0 Å². The predicted molar refractivity (Wildman–Crippen MR) is 77.9 cm³/mol. The molecule has 0 saturated carbocycles. The number of rotatable bonds is 6. The maximum absolute atomic E-state index is 11.3. The standard InChI is InChI=1S/C16H23NO3/c1-2-15(20)17-9-7-12-4-3-11-5-6-14(19)13(8-10-18)16(11)12/h5-6,12,18-19H,2-4,7-10H2,1H3,(H,17,20). The minimum Gasteiger partial charge on any atom is -0.508 e. The third-order valence-corrected chi connectivity index (χ3v) is 4.09. The summed E-state index contributed by atoms with van der Waals surface area (Å²) < 4.78 is 0. The van der Waals surface area contributed by atoms with Crippen molar-refractivity contribution < 1.29 is 15.0 Å². The summed E-state index contributed by atoms with van der Waals surface area (Å²) in [5, 5.41) is 22.1. The quantitative estimate of drug-likeness (QED) is 0.743. The van der Waals surface area contributed by atoms with E-state index in [1.54, 1.807) is 6.07 Å². The summed E-state index contributed by atoms with van der Waals surface area (Å²) in [6.45, 7) is 2.56. The van der Waals surface area contributed by atoms with E-state index >= 15 is 0 Å². The van der Waals surface area contributed by atoms with Gasteiger partial charge in [-0.1, -0.05) is 13.0 Å². The maximum Gasteiger partial charge on any atom is 0.219 e. The summed E-state index contributed by atoms with van der Waals surface area (Å²) in [5.74, 6) is 0.729. The molecule has 0 spiro atoms. The minimum atomic E-state index is 0.0449. The molecular weight excluding hydrogens is 254 g/mol. The van der Waals surface area contributed by atoms with Gasteiger partial charge in [0.15, 0.2) is 0 Å². The van der Waals surface area contributed by atoms with Crippen LogP contribution in [0.3, 0.4) is 0 Å². The number of fused-ring (bicyclic) bond motifs is 1. The van der Waals surface area contributed by atoms with Crippen LogP contribution in [0.1, 0.15) is 48.8 Å². The lowest BCUT2D eigenvalue weighted by molar-refractivity contribution is -0.120. The molecule has 4 nitrogen and oxygen atoms in total. The topological polar surface area (TPSA) is 69.6 Å². The molecule has 2 rings (SSSR count). The van der Waals surface area contributed by atoms with Crippen molar-refractivity contribution in [1.82, 2.24) is 5.32 Å². The summed E-state index contributed by atoms with van der Waals surface area (Å²) in [6, 6.07) is 3.71. The van der Waals surface area contributed by atoms with Crippen molar-refractivity contribution in [3.05, 3.63) is 28.8 Å². The molecule has 0 bridgehead atoms. The number of phenolic OH excluding ortho intramolecular Hbond substituents is 1. The highest BCUT2D eigenvalue weighted by Gasteiger charge is 2.26. The van der Waals surface area contributed by atoms with Gasteiger partial charge in [-0.25, -0.2) is 0 Å². The van der Waals surface area contributed by atoms with E-state index in [1.165, 1.54) is 11.1 Å². The van der Waals surface area contributed by atoms with Gasteiger partial charge in [0, 0.05) is 19.6 Å². The van der Waals surface area contributed by atoms with Crippen LogP contribution < -0.4 is 5.32 Å². The maximum atomic E-state index is 11.3. The first-order valence-electron chi connectivity index (χ1n) is 7.38. The predicted octanol–water partition coefficient (Wildman–Crippen LogP) is 1.87. The fourth-order valence-corrected chi connectivity index (χ4v) is 3.08. The fraction of sp³-hybridized carbons (Fsp3) is 0.562. The van der Waals surface area contributed by atoms with Gasteiger partial charge in [-0.3, -0.25) is 4.79 Å². The molecule has 0 radical (unpaired) electrons. The first-order chi connectivity index (χ1) is 9.67. The Balaban J connectivity index is 2.10. The highest BCUT2D eigenvalue weighted by atomic mass is 16.3. The SMILES string of the molecule is CCC(=O)NCCC1CCc2ccc(O)c(CCO)c21. The molecule has 1 atom stereocenters. The average Bonchev–Trinajstić information content (AvgIpc) is 2.85. The van der Waals surface area contributed by atoms with Crippen LogP contribution in [0.2, 0.25) is 0 Å². The number of aryl methyl sites for hydroxylation is 1. The number of carbonyl (C=O) groups is 1. The number of aliphatic hydroxyl groups is 1. The van der Waals surface area contributed by atoms with Crippen LogP contribution in [0.5, 0.6) is 5.75 Å². The molecule has 0 fully saturated rings. The first kappa shape index (κ1) is 14.9. The summed E-state index contributed by atoms with van der Waals surface area (Å²) in [4.78, 5) is 11.3. The van der Waals surface area contributed by atoms with E-state index in [9.17, 15) is 15.0 Å². The van der Waals surface area contributed by atoms with Crippen molar-refractivity contribution in [3.63, 3.8) is 0 Å². The summed E-state index contributed by atoms with van der Waals surface area (Å²) in [5.41, 5.74) is 3.36. The van der Waals surface area contributed by atoms with Crippen molar-refractivity contribution in [3.8, 4) is 5.75 Å². The molecule has 3 N–H and O–H groups in total. The zero-order valence-electron chi connectivity index (χ0n) is 12.0. The van der Waals surface area contributed by atoms with Crippen molar-refractivity contribution in [2.45, 2.75) is 44.9 Å². The number of hydrogen-bond acceptors (Lipinski definition) is 3. The van der Waals surface area contributed by atoms with Gasteiger partial charge < -0.3 is 15.5 Å². The molecule has 0 saturated heterocycles. The van der Waals surface area contributed by atoms with Gasteiger partial charge in [0.1, 0.15) is 5.75 Å². The zero-order valence-corrected chi connectivity index (χ0v) is 12.0. The second-order valence-corrected chi connectivity index (χ2v) is 5.34. The Hall–Kier alpha value is -1.55. The third-order valence-electron chi connectivity index (χ3n) is 4.09. The van der Waals surface area contributed by atoms with Gasteiger partial charge >= 0.3 is 0 Å². The molecule has 1 unspecified atom stereocenters. The molecular formula is C16H23NO3. The van der Waals surface area contributed by atoms with E-state index in [4.69, 9.17) is 0 Å². The van der Waals surface area contributed by atoms with Crippen LogP contribution in [-0.2, 0) is 17.6 Å². The van der Waals surface area contributed by atoms with E-state index in [2.05, 4.69) is 5.32 Å².